The fourth-order valence-electron chi connectivity index (χ4n) is 1.55. The highest BCUT2D eigenvalue weighted by molar-refractivity contribution is 5.94. The van der Waals surface area contributed by atoms with E-state index in [2.05, 4.69) is 11.8 Å². The summed E-state index contributed by atoms with van der Waals surface area (Å²) in [4.78, 5) is 13.7. The first-order valence-corrected chi connectivity index (χ1v) is 6.27. The molecule has 0 aliphatic carbocycles. The van der Waals surface area contributed by atoms with E-state index in [-0.39, 0.29) is 5.91 Å². The fourth-order valence-corrected chi connectivity index (χ4v) is 1.55. The molecular weight excluding hydrogens is 240 g/mol. The summed E-state index contributed by atoms with van der Waals surface area (Å²) in [5, 5.41) is 9.21. The Kier molecular flexibility index (Phi) is 6.07. The zero-order chi connectivity index (χ0) is 14.3. The van der Waals surface area contributed by atoms with Crippen LogP contribution in [0.2, 0.25) is 0 Å². The average molecular weight is 260 g/mol. The lowest BCUT2D eigenvalue weighted by Gasteiger charge is -2.18. The first-order chi connectivity index (χ1) is 9.04. The molecule has 0 aliphatic rings. The number of benzene rings is 1. The van der Waals surface area contributed by atoms with Crippen molar-refractivity contribution in [3.8, 4) is 11.8 Å². The number of carbonyl (C=O) groups excluding carboxylic acids is 1. The normalized spacial score (nSPS) is 11.4. The molecule has 1 unspecified atom stereocenters. The summed E-state index contributed by atoms with van der Waals surface area (Å²) in [7, 11) is 1.73. The zero-order valence-corrected chi connectivity index (χ0v) is 11.4. The molecule has 0 heterocycles. The third-order valence-electron chi connectivity index (χ3n) is 2.70. The molecule has 0 bridgehead atoms. The molecule has 0 aromatic heterocycles. The van der Waals surface area contributed by atoms with Crippen molar-refractivity contribution in [3.63, 3.8) is 0 Å². The molecule has 0 saturated carbocycles. The predicted molar refractivity (Wildman–Crippen MR) is 75.6 cm³/mol. The van der Waals surface area contributed by atoms with Crippen molar-refractivity contribution < 1.29 is 9.90 Å². The quantitative estimate of drug-likeness (QED) is 0.788. The summed E-state index contributed by atoms with van der Waals surface area (Å²) in [6, 6.07) is 7.11. The summed E-state index contributed by atoms with van der Waals surface area (Å²) < 4.78 is 0. The van der Waals surface area contributed by atoms with Crippen molar-refractivity contribution in [1.82, 2.24) is 4.90 Å². The van der Waals surface area contributed by atoms with E-state index < -0.39 is 6.10 Å². The molecule has 0 fully saturated rings. The Morgan fingerprint density at radius 1 is 1.42 bits per heavy atom. The molecule has 102 valence electrons. The minimum absolute atomic E-state index is 0.0565. The second-order valence-electron chi connectivity index (χ2n) is 4.45. The molecular formula is C15H20N2O2. The molecule has 4 heteroatoms. The SMILES string of the molecule is CC(O)CCN(C)C(=O)c1ccc(C#CCN)cc1. The number of rotatable bonds is 4. The molecule has 0 spiro atoms. The third-order valence-corrected chi connectivity index (χ3v) is 2.70. The number of amides is 1. The fraction of sp³-hybridized carbons (Fsp3) is 0.400. The molecule has 0 saturated heterocycles. The monoisotopic (exact) mass is 260 g/mol. The Morgan fingerprint density at radius 3 is 2.58 bits per heavy atom. The van der Waals surface area contributed by atoms with Crippen molar-refractivity contribution >= 4 is 5.91 Å². The van der Waals surface area contributed by atoms with Gasteiger partial charge in [-0.1, -0.05) is 11.8 Å². The van der Waals surface area contributed by atoms with Gasteiger partial charge in [-0.3, -0.25) is 4.79 Å². The van der Waals surface area contributed by atoms with Crippen LogP contribution in [0.25, 0.3) is 0 Å². The van der Waals surface area contributed by atoms with Gasteiger partial charge in [0.05, 0.1) is 12.6 Å². The van der Waals surface area contributed by atoms with E-state index in [4.69, 9.17) is 5.73 Å². The van der Waals surface area contributed by atoms with Crippen LogP contribution in [0.3, 0.4) is 0 Å². The lowest BCUT2D eigenvalue weighted by Crippen LogP contribution is -2.29. The first kappa shape index (κ1) is 15.2. The van der Waals surface area contributed by atoms with Gasteiger partial charge in [0.25, 0.3) is 5.91 Å². The number of nitrogens with two attached hydrogens (primary N) is 1. The molecule has 1 rings (SSSR count). The Morgan fingerprint density at radius 2 is 2.05 bits per heavy atom. The van der Waals surface area contributed by atoms with Gasteiger partial charge in [0, 0.05) is 24.7 Å². The summed E-state index contributed by atoms with van der Waals surface area (Å²) in [6.45, 7) is 2.57. The Bertz CT molecular complexity index is 469. The minimum atomic E-state index is -0.399. The van der Waals surface area contributed by atoms with Crippen LogP contribution >= 0.6 is 0 Å². The van der Waals surface area contributed by atoms with Gasteiger partial charge in [0.2, 0.25) is 0 Å². The van der Waals surface area contributed by atoms with Crippen LogP contribution in [0.4, 0.5) is 0 Å². The molecule has 1 atom stereocenters. The van der Waals surface area contributed by atoms with Crippen LogP contribution < -0.4 is 5.73 Å². The van der Waals surface area contributed by atoms with Crippen molar-refractivity contribution in [1.29, 1.82) is 0 Å². The van der Waals surface area contributed by atoms with E-state index >= 15 is 0 Å². The van der Waals surface area contributed by atoms with Crippen LogP contribution in [-0.2, 0) is 0 Å². The maximum absolute atomic E-state index is 12.1. The molecule has 4 nitrogen and oxygen atoms in total. The number of hydrogen-bond acceptors (Lipinski definition) is 3. The molecule has 1 aromatic rings. The molecule has 1 aromatic carbocycles. The smallest absolute Gasteiger partial charge is 0.253 e. The third kappa shape index (κ3) is 5.12. The van der Waals surface area contributed by atoms with E-state index in [1.807, 2.05) is 0 Å². The number of aliphatic hydroxyl groups excluding tert-OH is 1. The maximum atomic E-state index is 12.1. The van der Waals surface area contributed by atoms with Gasteiger partial charge in [-0.15, -0.1) is 0 Å². The number of carbonyl (C=O) groups is 1. The van der Waals surface area contributed by atoms with Crippen LogP contribution in [0, 0.1) is 11.8 Å². The Balaban J connectivity index is 2.67. The van der Waals surface area contributed by atoms with E-state index in [0.717, 1.165) is 5.56 Å². The molecule has 0 radical (unpaired) electrons. The summed E-state index contributed by atoms with van der Waals surface area (Å²) >= 11 is 0. The van der Waals surface area contributed by atoms with Crippen LogP contribution in [0.15, 0.2) is 24.3 Å². The summed E-state index contributed by atoms with van der Waals surface area (Å²) in [5.41, 5.74) is 6.76. The maximum Gasteiger partial charge on any atom is 0.253 e. The van der Waals surface area contributed by atoms with Gasteiger partial charge in [0.1, 0.15) is 0 Å². The Hall–Kier alpha value is -1.83. The van der Waals surface area contributed by atoms with Gasteiger partial charge in [0.15, 0.2) is 0 Å². The highest BCUT2D eigenvalue weighted by Gasteiger charge is 2.11. The largest absolute Gasteiger partial charge is 0.393 e. The van der Waals surface area contributed by atoms with Crippen molar-refractivity contribution in [2.75, 3.05) is 20.1 Å². The molecule has 19 heavy (non-hydrogen) atoms. The summed E-state index contributed by atoms with van der Waals surface area (Å²) in [6.07, 6.45) is 0.173. The van der Waals surface area contributed by atoms with Crippen LogP contribution in [0.5, 0.6) is 0 Å². The average Bonchev–Trinajstić information content (AvgIpc) is 2.42. The van der Waals surface area contributed by atoms with Crippen LogP contribution in [-0.4, -0.2) is 42.2 Å². The van der Waals surface area contributed by atoms with Crippen molar-refractivity contribution in [2.24, 2.45) is 5.73 Å². The van der Waals surface area contributed by atoms with Gasteiger partial charge in [-0.05, 0) is 37.6 Å². The predicted octanol–water partition coefficient (Wildman–Crippen LogP) is 0.840. The second kappa shape index (κ2) is 7.57. The standard InChI is InChI=1S/C15H20N2O2/c1-12(18)9-11-17(2)15(19)14-7-5-13(6-8-14)4-3-10-16/h5-8,12,18H,9-11,16H2,1-2H3. The lowest BCUT2D eigenvalue weighted by atomic mass is 10.1. The van der Waals surface area contributed by atoms with E-state index in [1.165, 1.54) is 0 Å². The number of nitrogens with zero attached hydrogens (tertiary/aromatic N) is 1. The lowest BCUT2D eigenvalue weighted by molar-refractivity contribution is 0.0769. The van der Waals surface area contributed by atoms with E-state index in [9.17, 15) is 9.90 Å². The topological polar surface area (TPSA) is 66.6 Å². The van der Waals surface area contributed by atoms with Crippen molar-refractivity contribution in [2.45, 2.75) is 19.4 Å². The van der Waals surface area contributed by atoms with Gasteiger partial charge in [-0.2, -0.15) is 0 Å². The molecule has 1 amide bonds. The molecule has 0 aliphatic heterocycles. The first-order valence-electron chi connectivity index (χ1n) is 6.27. The number of hydrogen-bond donors (Lipinski definition) is 2. The Labute approximate surface area is 114 Å². The van der Waals surface area contributed by atoms with Gasteiger partial charge >= 0.3 is 0 Å². The van der Waals surface area contributed by atoms with Gasteiger partial charge < -0.3 is 15.7 Å². The minimum Gasteiger partial charge on any atom is -0.393 e. The van der Waals surface area contributed by atoms with Gasteiger partial charge in [-0.25, -0.2) is 0 Å². The van der Waals surface area contributed by atoms with Crippen LogP contribution in [0.1, 0.15) is 29.3 Å². The highest BCUT2D eigenvalue weighted by atomic mass is 16.3. The zero-order valence-electron chi connectivity index (χ0n) is 11.4. The second-order valence-corrected chi connectivity index (χ2v) is 4.45. The van der Waals surface area contributed by atoms with E-state index in [0.29, 0.717) is 25.1 Å². The van der Waals surface area contributed by atoms with Crippen molar-refractivity contribution in [3.05, 3.63) is 35.4 Å². The number of aliphatic hydroxyl groups is 1. The highest BCUT2D eigenvalue weighted by Crippen LogP contribution is 2.07. The summed E-state index contributed by atoms with van der Waals surface area (Å²) in [5.74, 6) is 5.61. The molecule has 3 N–H and O–H groups in total. The van der Waals surface area contributed by atoms with E-state index in [1.54, 1.807) is 43.1 Å².